The van der Waals surface area contributed by atoms with Crippen LogP contribution in [0.5, 0.6) is 0 Å². The van der Waals surface area contributed by atoms with E-state index in [1.54, 1.807) is 0 Å². The number of hydrogen-bond donors (Lipinski definition) is 0. The number of esters is 1. The third-order valence-electron chi connectivity index (χ3n) is 10.6. The maximum Gasteiger partial charge on any atom is 0.306 e. The minimum Gasteiger partial charge on any atom is -0.457 e. The van der Waals surface area contributed by atoms with E-state index >= 15 is 0 Å². The molecule has 0 bridgehead atoms. The summed E-state index contributed by atoms with van der Waals surface area (Å²) in [6.07, 6.45) is 49.8. The van der Waals surface area contributed by atoms with Gasteiger partial charge in [0, 0.05) is 19.6 Å². The maximum absolute atomic E-state index is 12.7. The molecule has 0 aromatic heterocycles. The Morgan fingerprint density at radius 2 is 0.865 bits per heavy atom. The van der Waals surface area contributed by atoms with E-state index in [0.717, 1.165) is 39.0 Å². The molecule has 306 valence electrons. The average molecular weight is 732 g/mol. The predicted octanol–water partition coefficient (Wildman–Crippen LogP) is 13.9. The Bertz CT molecular complexity index is 731. The van der Waals surface area contributed by atoms with Crippen LogP contribution in [0, 0.1) is 0 Å². The van der Waals surface area contributed by atoms with Crippen LogP contribution in [0.3, 0.4) is 0 Å². The molecule has 0 N–H and O–H groups in total. The Kier molecular flexibility index (Phi) is 38.5. The molecule has 1 aliphatic heterocycles. The first-order chi connectivity index (χ1) is 25.8. The van der Waals surface area contributed by atoms with Gasteiger partial charge in [-0.1, -0.05) is 154 Å². The van der Waals surface area contributed by atoms with Crippen LogP contribution in [0.15, 0.2) is 24.3 Å². The van der Waals surface area contributed by atoms with E-state index < -0.39 is 0 Å². The minimum atomic E-state index is -0.303. The lowest BCUT2D eigenvalue weighted by Crippen LogP contribution is -2.29. The van der Waals surface area contributed by atoms with Crippen LogP contribution in [0.25, 0.3) is 0 Å². The number of carbonyl (C=O) groups is 1. The van der Waals surface area contributed by atoms with Gasteiger partial charge in [0.05, 0.1) is 13.2 Å². The minimum absolute atomic E-state index is 0.106. The molecule has 5 nitrogen and oxygen atoms in total. The third kappa shape index (κ3) is 35.8. The molecule has 0 aliphatic carbocycles. The molecular formula is C47H89NO4. The van der Waals surface area contributed by atoms with Crippen LogP contribution < -0.4 is 0 Å². The van der Waals surface area contributed by atoms with Gasteiger partial charge in [-0.15, -0.1) is 0 Å². The van der Waals surface area contributed by atoms with Crippen molar-refractivity contribution in [1.29, 1.82) is 0 Å². The second kappa shape index (κ2) is 41.0. The highest BCUT2D eigenvalue weighted by atomic mass is 16.6. The van der Waals surface area contributed by atoms with Gasteiger partial charge in [0.1, 0.15) is 6.10 Å². The number of ether oxygens (including phenoxy) is 3. The van der Waals surface area contributed by atoms with E-state index in [0.29, 0.717) is 19.6 Å². The van der Waals surface area contributed by atoms with Crippen LogP contribution in [0.2, 0.25) is 0 Å². The molecule has 1 aliphatic rings. The standard InChI is InChI=1S/C47H89NO4/c1-3-5-7-9-11-13-15-17-19-21-23-25-27-29-31-35-42-50-44-46(52-47(49)38-37-41-48-39-33-34-40-48)45-51-43-36-32-30-28-26-24-22-20-18-16-14-12-10-8-6-4-2/h17-20,46H,3-16,21-45H2,1-2H3/b19-17-,20-18-. The highest BCUT2D eigenvalue weighted by Gasteiger charge is 2.17. The molecule has 0 aromatic carbocycles. The molecule has 0 amide bonds. The fraction of sp³-hybridized carbons (Fsp3) is 0.894. The molecule has 0 saturated carbocycles. The number of carbonyl (C=O) groups excluding carboxylic acids is 1. The Morgan fingerprint density at radius 3 is 1.27 bits per heavy atom. The van der Waals surface area contributed by atoms with Gasteiger partial charge < -0.3 is 19.1 Å². The molecule has 1 heterocycles. The van der Waals surface area contributed by atoms with Crippen molar-refractivity contribution in [3.8, 4) is 0 Å². The number of rotatable bonds is 41. The van der Waals surface area contributed by atoms with Crippen molar-refractivity contribution in [3.63, 3.8) is 0 Å². The van der Waals surface area contributed by atoms with Gasteiger partial charge in [-0.25, -0.2) is 0 Å². The van der Waals surface area contributed by atoms with Crippen LogP contribution in [0.4, 0.5) is 0 Å². The van der Waals surface area contributed by atoms with Crippen LogP contribution in [0.1, 0.15) is 219 Å². The van der Waals surface area contributed by atoms with Gasteiger partial charge in [0.15, 0.2) is 0 Å². The van der Waals surface area contributed by atoms with E-state index in [4.69, 9.17) is 14.2 Å². The van der Waals surface area contributed by atoms with Crippen LogP contribution in [-0.2, 0) is 19.0 Å². The van der Waals surface area contributed by atoms with Crippen molar-refractivity contribution in [2.75, 3.05) is 46.1 Å². The summed E-state index contributed by atoms with van der Waals surface area (Å²) in [4.78, 5) is 15.1. The first-order valence-electron chi connectivity index (χ1n) is 23.1. The first-order valence-corrected chi connectivity index (χ1v) is 23.1. The first kappa shape index (κ1) is 48.8. The number of allylic oxidation sites excluding steroid dienone is 4. The predicted molar refractivity (Wildman–Crippen MR) is 225 cm³/mol. The van der Waals surface area contributed by atoms with Crippen molar-refractivity contribution >= 4 is 5.97 Å². The molecule has 52 heavy (non-hydrogen) atoms. The molecular weight excluding hydrogens is 643 g/mol. The lowest BCUT2D eigenvalue weighted by Gasteiger charge is -2.19. The van der Waals surface area contributed by atoms with E-state index in [9.17, 15) is 4.79 Å². The topological polar surface area (TPSA) is 48.0 Å². The summed E-state index contributed by atoms with van der Waals surface area (Å²) in [6, 6.07) is 0. The second-order valence-corrected chi connectivity index (χ2v) is 15.8. The molecule has 0 spiro atoms. The summed E-state index contributed by atoms with van der Waals surface area (Å²) < 4.78 is 17.9. The zero-order valence-corrected chi connectivity index (χ0v) is 35.0. The van der Waals surface area contributed by atoms with E-state index in [1.165, 1.54) is 193 Å². The van der Waals surface area contributed by atoms with Gasteiger partial charge in [-0.05, 0) is 103 Å². The quantitative estimate of drug-likeness (QED) is 0.0356. The Balaban J connectivity index is 2.08. The number of nitrogens with zero attached hydrogens (tertiary/aromatic N) is 1. The zero-order chi connectivity index (χ0) is 37.3. The van der Waals surface area contributed by atoms with Gasteiger partial charge in [-0.3, -0.25) is 4.79 Å². The SMILES string of the molecule is CCCCCCCC/C=C\CCCCCCCCOCC(COCCCCCCCC/C=C\CCCCCCCC)OC(=O)CCCN1CCCC1. The van der Waals surface area contributed by atoms with Crippen molar-refractivity contribution in [2.45, 2.75) is 225 Å². The molecule has 0 unspecified atom stereocenters. The number of hydrogen-bond acceptors (Lipinski definition) is 5. The van der Waals surface area contributed by atoms with Crippen LogP contribution in [-0.4, -0.2) is 63.0 Å². The monoisotopic (exact) mass is 732 g/mol. The van der Waals surface area contributed by atoms with E-state index in [-0.39, 0.29) is 12.1 Å². The summed E-state index contributed by atoms with van der Waals surface area (Å²) in [7, 11) is 0. The maximum atomic E-state index is 12.7. The van der Waals surface area contributed by atoms with Crippen LogP contribution >= 0.6 is 0 Å². The normalized spacial score (nSPS) is 13.8. The van der Waals surface area contributed by atoms with Gasteiger partial charge in [0.2, 0.25) is 0 Å². The van der Waals surface area contributed by atoms with Crippen molar-refractivity contribution < 1.29 is 19.0 Å². The summed E-state index contributed by atoms with van der Waals surface area (Å²) in [5, 5.41) is 0. The Labute approximate surface area is 324 Å². The number of unbranched alkanes of at least 4 members (excludes halogenated alkanes) is 24. The average Bonchev–Trinajstić information content (AvgIpc) is 3.67. The largest absolute Gasteiger partial charge is 0.457 e. The van der Waals surface area contributed by atoms with Gasteiger partial charge in [0.25, 0.3) is 0 Å². The zero-order valence-electron chi connectivity index (χ0n) is 35.0. The molecule has 1 saturated heterocycles. The highest BCUT2D eigenvalue weighted by molar-refractivity contribution is 5.69. The molecule has 1 fully saturated rings. The fourth-order valence-electron chi connectivity index (χ4n) is 7.15. The van der Waals surface area contributed by atoms with Crippen molar-refractivity contribution in [3.05, 3.63) is 24.3 Å². The molecule has 5 heteroatoms. The number of likely N-dealkylation sites (tertiary alicyclic amines) is 1. The molecule has 0 radical (unpaired) electrons. The Morgan fingerprint density at radius 1 is 0.500 bits per heavy atom. The van der Waals surface area contributed by atoms with Crippen molar-refractivity contribution in [2.24, 2.45) is 0 Å². The Hall–Kier alpha value is -1.17. The smallest absolute Gasteiger partial charge is 0.306 e. The highest BCUT2D eigenvalue weighted by Crippen LogP contribution is 2.13. The van der Waals surface area contributed by atoms with Gasteiger partial charge >= 0.3 is 5.97 Å². The van der Waals surface area contributed by atoms with E-state index in [1.807, 2.05) is 0 Å². The van der Waals surface area contributed by atoms with E-state index in [2.05, 4.69) is 43.1 Å². The lowest BCUT2D eigenvalue weighted by molar-refractivity contribution is -0.156. The molecule has 1 rings (SSSR count). The summed E-state index contributed by atoms with van der Waals surface area (Å²) in [5.74, 6) is -0.106. The third-order valence-corrected chi connectivity index (χ3v) is 10.6. The fourth-order valence-corrected chi connectivity index (χ4v) is 7.15. The van der Waals surface area contributed by atoms with Gasteiger partial charge in [-0.2, -0.15) is 0 Å². The lowest BCUT2D eigenvalue weighted by atomic mass is 10.1. The summed E-state index contributed by atoms with van der Waals surface area (Å²) >= 11 is 0. The summed E-state index contributed by atoms with van der Waals surface area (Å²) in [6.45, 7) is 10.3. The second-order valence-electron chi connectivity index (χ2n) is 15.8. The molecule has 0 atom stereocenters. The van der Waals surface area contributed by atoms with Crippen molar-refractivity contribution in [1.82, 2.24) is 4.90 Å². The summed E-state index contributed by atoms with van der Waals surface area (Å²) in [5.41, 5.74) is 0. The molecule has 0 aromatic rings.